The van der Waals surface area contributed by atoms with Gasteiger partial charge < -0.3 is 14.8 Å². The Morgan fingerprint density at radius 3 is 3.09 bits per heavy atom. The zero-order valence-electron chi connectivity index (χ0n) is 12.6. The Morgan fingerprint density at radius 2 is 2.41 bits per heavy atom. The minimum Gasteiger partial charge on any atom is -0.336 e. The normalized spacial score (nSPS) is 18.0. The van der Waals surface area contributed by atoms with Gasteiger partial charge in [0.2, 0.25) is 5.91 Å². The Kier molecular flexibility index (Phi) is 5.99. The second-order valence-corrected chi connectivity index (χ2v) is 6.12. The number of carbonyl (C=O) groups is 1. The van der Waals surface area contributed by atoms with Gasteiger partial charge in [-0.3, -0.25) is 4.79 Å². The van der Waals surface area contributed by atoms with Crippen molar-refractivity contribution in [1.82, 2.24) is 19.8 Å². The van der Waals surface area contributed by atoms with Gasteiger partial charge in [0, 0.05) is 45.5 Å². The molecule has 1 atom stereocenters. The fourth-order valence-electron chi connectivity index (χ4n) is 2.76. The van der Waals surface area contributed by atoms with Crippen LogP contribution in [0.4, 0.5) is 0 Å². The molecule has 0 spiro atoms. The molecular weight excluding hydrogens is 320 g/mol. The summed E-state index contributed by atoms with van der Waals surface area (Å²) in [5.41, 5.74) is 1.25. The first-order valence-corrected chi connectivity index (χ1v) is 8.18. The van der Waals surface area contributed by atoms with Gasteiger partial charge in [0.15, 0.2) is 0 Å². The van der Waals surface area contributed by atoms with Gasteiger partial charge in [-0.1, -0.05) is 0 Å². The molecule has 22 heavy (non-hydrogen) atoms. The second kappa shape index (κ2) is 7.76. The van der Waals surface area contributed by atoms with Crippen LogP contribution in [-0.4, -0.2) is 40.0 Å². The zero-order chi connectivity index (χ0) is 14.7. The average Bonchev–Trinajstić information content (AvgIpc) is 3.16. The molecular formula is C15H21ClN4OS. The molecule has 1 fully saturated rings. The number of halogens is 1. The van der Waals surface area contributed by atoms with Crippen molar-refractivity contribution in [2.24, 2.45) is 7.05 Å². The lowest BCUT2D eigenvalue weighted by Gasteiger charge is -2.35. The first-order chi connectivity index (χ1) is 10.3. The highest BCUT2D eigenvalue weighted by Crippen LogP contribution is 2.22. The number of aromatic nitrogens is 2. The maximum absolute atomic E-state index is 12.6. The van der Waals surface area contributed by atoms with E-state index in [9.17, 15) is 4.79 Å². The summed E-state index contributed by atoms with van der Waals surface area (Å²) in [5.74, 6) is 1.17. The monoisotopic (exact) mass is 340 g/mol. The smallest absolute Gasteiger partial charge is 0.223 e. The van der Waals surface area contributed by atoms with Crippen LogP contribution in [0.2, 0.25) is 0 Å². The van der Waals surface area contributed by atoms with Crippen molar-refractivity contribution in [1.29, 1.82) is 0 Å². The van der Waals surface area contributed by atoms with E-state index in [0.29, 0.717) is 6.42 Å². The zero-order valence-corrected chi connectivity index (χ0v) is 14.2. The van der Waals surface area contributed by atoms with Gasteiger partial charge in [0.1, 0.15) is 11.9 Å². The topological polar surface area (TPSA) is 50.2 Å². The van der Waals surface area contributed by atoms with Crippen LogP contribution in [0.15, 0.2) is 29.2 Å². The Hall–Kier alpha value is -1.37. The van der Waals surface area contributed by atoms with Crippen molar-refractivity contribution in [2.45, 2.75) is 18.9 Å². The molecule has 0 aromatic carbocycles. The molecule has 1 aliphatic heterocycles. The number of aryl methyl sites for hydroxylation is 2. The highest BCUT2D eigenvalue weighted by atomic mass is 35.5. The van der Waals surface area contributed by atoms with Gasteiger partial charge in [-0.05, 0) is 28.8 Å². The van der Waals surface area contributed by atoms with Crippen molar-refractivity contribution >= 4 is 29.7 Å². The Labute approximate surface area is 140 Å². The molecule has 0 aliphatic carbocycles. The SMILES string of the molecule is Cl.Cn1ccnc1C1CNCCN1C(=O)CCc1ccsc1. The number of nitrogens with one attached hydrogen (secondary N) is 1. The molecule has 0 saturated carbocycles. The van der Waals surface area contributed by atoms with E-state index in [1.807, 2.05) is 22.7 Å². The van der Waals surface area contributed by atoms with Crippen molar-refractivity contribution in [3.63, 3.8) is 0 Å². The second-order valence-electron chi connectivity index (χ2n) is 5.33. The third-order valence-corrected chi connectivity index (χ3v) is 4.66. The summed E-state index contributed by atoms with van der Waals surface area (Å²) in [4.78, 5) is 19.0. The maximum Gasteiger partial charge on any atom is 0.223 e. The first-order valence-electron chi connectivity index (χ1n) is 7.24. The molecule has 120 valence electrons. The van der Waals surface area contributed by atoms with Crippen molar-refractivity contribution < 1.29 is 4.79 Å². The van der Waals surface area contributed by atoms with E-state index in [2.05, 4.69) is 27.1 Å². The van der Waals surface area contributed by atoms with Crippen molar-refractivity contribution in [3.05, 3.63) is 40.6 Å². The number of amides is 1. The Bertz CT molecular complexity index is 598. The third kappa shape index (κ3) is 3.69. The lowest BCUT2D eigenvalue weighted by molar-refractivity contribution is -0.134. The molecule has 1 saturated heterocycles. The summed E-state index contributed by atoms with van der Waals surface area (Å²) in [6, 6.07) is 2.13. The summed E-state index contributed by atoms with van der Waals surface area (Å²) < 4.78 is 2.00. The average molecular weight is 341 g/mol. The number of piperazine rings is 1. The standard InChI is InChI=1S/C15H20N4OS.ClH/c1-18-7-6-17-15(18)13-10-16-5-8-19(13)14(20)3-2-12-4-9-21-11-12;/h4,6-7,9,11,13,16H,2-3,5,8,10H2,1H3;1H. The summed E-state index contributed by atoms with van der Waals surface area (Å²) in [7, 11) is 1.98. The first kappa shape index (κ1) is 17.0. The number of hydrogen-bond donors (Lipinski definition) is 1. The van der Waals surface area contributed by atoms with Crippen LogP contribution in [0.3, 0.4) is 0 Å². The fourth-order valence-corrected chi connectivity index (χ4v) is 3.46. The number of imidazole rings is 1. The van der Waals surface area contributed by atoms with E-state index in [1.54, 1.807) is 17.5 Å². The molecule has 3 rings (SSSR count). The third-order valence-electron chi connectivity index (χ3n) is 3.93. The van der Waals surface area contributed by atoms with E-state index >= 15 is 0 Å². The van der Waals surface area contributed by atoms with Gasteiger partial charge in [0.05, 0.1) is 0 Å². The number of carbonyl (C=O) groups excluding carboxylic acids is 1. The Morgan fingerprint density at radius 1 is 1.55 bits per heavy atom. The minimum atomic E-state index is 0. The lowest BCUT2D eigenvalue weighted by Crippen LogP contribution is -2.49. The number of hydrogen-bond acceptors (Lipinski definition) is 4. The van der Waals surface area contributed by atoms with E-state index < -0.39 is 0 Å². The molecule has 1 amide bonds. The van der Waals surface area contributed by atoms with Crippen LogP contribution in [0.25, 0.3) is 0 Å². The van der Waals surface area contributed by atoms with Crippen LogP contribution in [-0.2, 0) is 18.3 Å². The molecule has 0 bridgehead atoms. The van der Waals surface area contributed by atoms with Crippen molar-refractivity contribution in [3.8, 4) is 0 Å². The summed E-state index contributed by atoms with van der Waals surface area (Å²) in [6.45, 7) is 2.38. The molecule has 2 aromatic heterocycles. The summed E-state index contributed by atoms with van der Waals surface area (Å²) in [5, 5.41) is 7.53. The molecule has 1 N–H and O–H groups in total. The molecule has 2 aromatic rings. The van der Waals surface area contributed by atoms with Gasteiger partial charge >= 0.3 is 0 Å². The van der Waals surface area contributed by atoms with Crippen LogP contribution in [0.1, 0.15) is 23.9 Å². The molecule has 3 heterocycles. The van der Waals surface area contributed by atoms with Gasteiger partial charge in [-0.25, -0.2) is 4.98 Å². The summed E-state index contributed by atoms with van der Waals surface area (Å²) in [6.07, 6.45) is 5.10. The van der Waals surface area contributed by atoms with E-state index in [0.717, 1.165) is 31.9 Å². The molecule has 1 aliphatic rings. The highest BCUT2D eigenvalue weighted by molar-refractivity contribution is 7.07. The molecule has 5 nitrogen and oxygen atoms in total. The van der Waals surface area contributed by atoms with E-state index in [4.69, 9.17) is 0 Å². The quantitative estimate of drug-likeness (QED) is 0.926. The van der Waals surface area contributed by atoms with E-state index in [-0.39, 0.29) is 24.4 Å². The molecule has 1 unspecified atom stereocenters. The predicted octanol–water partition coefficient (Wildman–Crippen LogP) is 2.01. The summed E-state index contributed by atoms with van der Waals surface area (Å²) >= 11 is 1.68. The number of rotatable bonds is 4. The highest BCUT2D eigenvalue weighted by Gasteiger charge is 2.29. The van der Waals surface area contributed by atoms with Gasteiger partial charge in [-0.15, -0.1) is 12.4 Å². The maximum atomic E-state index is 12.6. The fraction of sp³-hybridized carbons (Fsp3) is 0.467. The predicted molar refractivity (Wildman–Crippen MR) is 90.4 cm³/mol. The van der Waals surface area contributed by atoms with Crippen LogP contribution < -0.4 is 5.32 Å². The van der Waals surface area contributed by atoms with Crippen molar-refractivity contribution in [2.75, 3.05) is 19.6 Å². The minimum absolute atomic E-state index is 0. The largest absolute Gasteiger partial charge is 0.336 e. The number of nitrogens with zero attached hydrogens (tertiary/aromatic N) is 3. The van der Waals surface area contributed by atoms with Crippen LogP contribution in [0.5, 0.6) is 0 Å². The van der Waals surface area contributed by atoms with Crippen LogP contribution >= 0.6 is 23.7 Å². The number of thiophene rings is 1. The molecule has 0 radical (unpaired) electrons. The van der Waals surface area contributed by atoms with Gasteiger partial charge in [-0.2, -0.15) is 11.3 Å². The van der Waals surface area contributed by atoms with Gasteiger partial charge in [0.25, 0.3) is 0 Å². The van der Waals surface area contributed by atoms with E-state index in [1.165, 1.54) is 5.56 Å². The van der Waals surface area contributed by atoms with Crippen LogP contribution in [0, 0.1) is 0 Å². The lowest BCUT2D eigenvalue weighted by atomic mass is 10.1. The molecule has 7 heteroatoms. The Balaban J connectivity index is 0.00000176.